The van der Waals surface area contributed by atoms with Crippen LogP contribution >= 0.6 is 0 Å². The van der Waals surface area contributed by atoms with E-state index in [2.05, 4.69) is 228 Å². The quantitative estimate of drug-likeness (QED) is 0.162. The molecular formula is C54H36N2. The third kappa shape index (κ3) is 5.34. The highest BCUT2D eigenvalue weighted by atomic mass is 15.0. The first kappa shape index (κ1) is 32.0. The molecule has 0 amide bonds. The average Bonchev–Trinajstić information content (AvgIpc) is 3.79. The van der Waals surface area contributed by atoms with Gasteiger partial charge < -0.3 is 9.13 Å². The van der Waals surface area contributed by atoms with Crippen molar-refractivity contribution in [2.45, 2.75) is 0 Å². The van der Waals surface area contributed by atoms with Crippen molar-refractivity contribution >= 4 is 43.6 Å². The lowest BCUT2D eigenvalue weighted by Crippen LogP contribution is -1.96. The number of rotatable bonds is 6. The van der Waals surface area contributed by atoms with Crippen LogP contribution in [0.2, 0.25) is 0 Å². The second-order valence-electron chi connectivity index (χ2n) is 14.6. The molecule has 0 N–H and O–H groups in total. The molecule has 0 aliphatic rings. The fourth-order valence-corrected chi connectivity index (χ4v) is 8.63. The molecule has 0 atom stereocenters. The topological polar surface area (TPSA) is 9.86 Å². The van der Waals surface area contributed by atoms with Gasteiger partial charge in [0.05, 0.1) is 22.1 Å². The van der Waals surface area contributed by atoms with Crippen LogP contribution in [0.25, 0.3) is 99.5 Å². The zero-order valence-corrected chi connectivity index (χ0v) is 30.7. The SMILES string of the molecule is c1ccc(-c2cc(-c3ccccc3)cc(-n3c4ccccc4c4cc(-c5ccc6c(c5)c5cc(-c7ccccc7)ccc5n6-c5ccccc5)ccc43)c2)cc1. The van der Waals surface area contributed by atoms with Crippen LogP contribution in [0, 0.1) is 0 Å². The first-order valence-electron chi connectivity index (χ1n) is 19.3. The number of aromatic nitrogens is 2. The maximum absolute atomic E-state index is 2.44. The molecule has 9 aromatic carbocycles. The van der Waals surface area contributed by atoms with Crippen molar-refractivity contribution in [1.29, 1.82) is 0 Å². The Labute approximate surface area is 325 Å². The molecule has 2 nitrogen and oxygen atoms in total. The summed E-state index contributed by atoms with van der Waals surface area (Å²) in [6, 6.07) is 79.5. The van der Waals surface area contributed by atoms with Gasteiger partial charge in [0.1, 0.15) is 0 Å². The van der Waals surface area contributed by atoms with E-state index in [4.69, 9.17) is 0 Å². The molecule has 0 unspecified atom stereocenters. The molecule has 0 fully saturated rings. The molecular weight excluding hydrogens is 677 g/mol. The van der Waals surface area contributed by atoms with Gasteiger partial charge in [-0.05, 0) is 117 Å². The lowest BCUT2D eigenvalue weighted by molar-refractivity contribution is 1.18. The maximum atomic E-state index is 2.44. The van der Waals surface area contributed by atoms with E-state index in [1.165, 1.54) is 88.1 Å². The Morgan fingerprint density at radius 1 is 0.196 bits per heavy atom. The highest BCUT2D eigenvalue weighted by Crippen LogP contribution is 2.40. The number of hydrogen-bond donors (Lipinski definition) is 0. The molecule has 11 aromatic rings. The second kappa shape index (κ2) is 13.2. The zero-order chi connectivity index (χ0) is 37.0. The molecule has 0 saturated heterocycles. The molecule has 2 aromatic heterocycles. The van der Waals surface area contributed by atoms with Gasteiger partial charge in [0.25, 0.3) is 0 Å². The van der Waals surface area contributed by atoms with Crippen molar-refractivity contribution in [1.82, 2.24) is 9.13 Å². The van der Waals surface area contributed by atoms with Crippen LogP contribution in [-0.2, 0) is 0 Å². The van der Waals surface area contributed by atoms with Crippen molar-refractivity contribution in [3.8, 4) is 55.9 Å². The Morgan fingerprint density at radius 3 is 1.05 bits per heavy atom. The molecule has 11 rings (SSSR count). The highest BCUT2D eigenvalue weighted by molar-refractivity contribution is 6.13. The van der Waals surface area contributed by atoms with Gasteiger partial charge in [0.15, 0.2) is 0 Å². The summed E-state index contributed by atoms with van der Waals surface area (Å²) in [7, 11) is 0. The largest absolute Gasteiger partial charge is 0.309 e. The van der Waals surface area contributed by atoms with Crippen LogP contribution in [-0.4, -0.2) is 9.13 Å². The minimum atomic E-state index is 1.15. The van der Waals surface area contributed by atoms with Crippen LogP contribution in [0.1, 0.15) is 0 Å². The molecule has 0 bridgehead atoms. The predicted octanol–water partition coefficient (Wildman–Crippen LogP) is 14.5. The minimum Gasteiger partial charge on any atom is -0.309 e. The fraction of sp³-hybridized carbons (Fsp3) is 0. The van der Waals surface area contributed by atoms with E-state index >= 15 is 0 Å². The van der Waals surface area contributed by atoms with Gasteiger partial charge in [-0.25, -0.2) is 0 Å². The number of fused-ring (bicyclic) bond motifs is 6. The highest BCUT2D eigenvalue weighted by Gasteiger charge is 2.18. The number of para-hydroxylation sites is 2. The van der Waals surface area contributed by atoms with Gasteiger partial charge in [-0.1, -0.05) is 146 Å². The molecule has 2 heteroatoms. The summed E-state index contributed by atoms with van der Waals surface area (Å²) in [5, 5.41) is 4.97. The van der Waals surface area contributed by atoms with Gasteiger partial charge in [-0.15, -0.1) is 0 Å². The Bertz CT molecular complexity index is 3150. The molecule has 262 valence electrons. The summed E-state index contributed by atoms with van der Waals surface area (Å²) in [6.45, 7) is 0. The van der Waals surface area contributed by atoms with Gasteiger partial charge in [0, 0.05) is 32.9 Å². The van der Waals surface area contributed by atoms with Crippen molar-refractivity contribution < 1.29 is 0 Å². The monoisotopic (exact) mass is 712 g/mol. The van der Waals surface area contributed by atoms with E-state index in [9.17, 15) is 0 Å². The molecule has 0 aliphatic heterocycles. The lowest BCUT2D eigenvalue weighted by Gasteiger charge is -2.14. The first-order valence-corrected chi connectivity index (χ1v) is 19.3. The van der Waals surface area contributed by atoms with Crippen LogP contribution < -0.4 is 0 Å². The van der Waals surface area contributed by atoms with Gasteiger partial charge in [-0.3, -0.25) is 0 Å². The summed E-state index contributed by atoms with van der Waals surface area (Å²) < 4.78 is 4.84. The van der Waals surface area contributed by atoms with Crippen molar-refractivity contribution in [3.63, 3.8) is 0 Å². The third-order valence-electron chi connectivity index (χ3n) is 11.3. The Balaban J connectivity index is 1.11. The summed E-state index contributed by atoms with van der Waals surface area (Å²) >= 11 is 0. The van der Waals surface area contributed by atoms with E-state index in [1.54, 1.807) is 0 Å². The summed E-state index contributed by atoms with van der Waals surface area (Å²) in [6.07, 6.45) is 0. The third-order valence-corrected chi connectivity index (χ3v) is 11.3. The van der Waals surface area contributed by atoms with E-state index in [0.717, 1.165) is 11.4 Å². The summed E-state index contributed by atoms with van der Waals surface area (Å²) in [4.78, 5) is 0. The van der Waals surface area contributed by atoms with E-state index in [-0.39, 0.29) is 0 Å². The normalized spacial score (nSPS) is 11.6. The number of nitrogens with zero attached hydrogens (tertiary/aromatic N) is 2. The minimum absolute atomic E-state index is 1.15. The molecule has 0 aliphatic carbocycles. The zero-order valence-electron chi connectivity index (χ0n) is 30.7. The van der Waals surface area contributed by atoms with E-state index in [0.29, 0.717) is 0 Å². The predicted molar refractivity (Wildman–Crippen MR) is 237 cm³/mol. The standard InChI is InChI=1S/C54H36N2/c1-5-15-37(16-6-1)40-25-28-53-49(34-40)50-36-42(27-30-54(50)55(53)45-21-11-4-12-22-45)41-26-29-52-48(35-41)47-23-13-14-24-51(47)56(52)46-32-43(38-17-7-2-8-18-38)31-44(33-46)39-19-9-3-10-20-39/h1-36H. The molecule has 0 spiro atoms. The van der Waals surface area contributed by atoms with Gasteiger partial charge >= 0.3 is 0 Å². The lowest BCUT2D eigenvalue weighted by atomic mass is 9.98. The van der Waals surface area contributed by atoms with Crippen LogP contribution in [0.3, 0.4) is 0 Å². The summed E-state index contributed by atoms with van der Waals surface area (Å²) in [5.74, 6) is 0. The maximum Gasteiger partial charge on any atom is 0.0541 e. The molecule has 0 radical (unpaired) electrons. The number of benzene rings is 9. The fourth-order valence-electron chi connectivity index (χ4n) is 8.63. The van der Waals surface area contributed by atoms with Crippen molar-refractivity contribution in [2.75, 3.05) is 0 Å². The molecule has 2 heterocycles. The van der Waals surface area contributed by atoms with Crippen molar-refractivity contribution in [2.24, 2.45) is 0 Å². The molecule has 56 heavy (non-hydrogen) atoms. The number of hydrogen-bond acceptors (Lipinski definition) is 0. The van der Waals surface area contributed by atoms with E-state index in [1.807, 2.05) is 0 Å². The van der Waals surface area contributed by atoms with Gasteiger partial charge in [0.2, 0.25) is 0 Å². The van der Waals surface area contributed by atoms with E-state index < -0.39 is 0 Å². The summed E-state index contributed by atoms with van der Waals surface area (Å²) in [5.41, 5.74) is 16.7. The average molecular weight is 713 g/mol. The van der Waals surface area contributed by atoms with Crippen LogP contribution in [0.5, 0.6) is 0 Å². The van der Waals surface area contributed by atoms with Crippen LogP contribution in [0.15, 0.2) is 218 Å². The Morgan fingerprint density at radius 2 is 0.554 bits per heavy atom. The van der Waals surface area contributed by atoms with Crippen molar-refractivity contribution in [3.05, 3.63) is 218 Å². The second-order valence-corrected chi connectivity index (χ2v) is 14.6. The smallest absolute Gasteiger partial charge is 0.0541 e. The molecule has 0 saturated carbocycles. The van der Waals surface area contributed by atoms with Gasteiger partial charge in [-0.2, -0.15) is 0 Å². The Hall–Kier alpha value is -7.42. The Kier molecular flexibility index (Phi) is 7.53. The van der Waals surface area contributed by atoms with Crippen LogP contribution in [0.4, 0.5) is 0 Å². The first-order chi connectivity index (χ1) is 27.8.